The molecule has 0 aromatic heterocycles. The average molecular weight is 460 g/mol. The second-order valence-electron chi connectivity index (χ2n) is 7.69. The molecule has 2 aromatic rings. The molecule has 3 rings (SSSR count). The lowest BCUT2D eigenvalue weighted by Crippen LogP contribution is -2.42. The van der Waals surface area contributed by atoms with Crippen LogP contribution in [0.2, 0.25) is 0 Å². The lowest BCUT2D eigenvalue weighted by molar-refractivity contribution is -0.130. The van der Waals surface area contributed by atoms with Crippen molar-refractivity contribution in [2.45, 2.75) is 44.6 Å². The number of amides is 3. The van der Waals surface area contributed by atoms with Crippen molar-refractivity contribution in [3.8, 4) is 11.5 Å². The Morgan fingerprint density at radius 2 is 1.84 bits per heavy atom. The summed E-state index contributed by atoms with van der Waals surface area (Å²) >= 11 is 0. The van der Waals surface area contributed by atoms with E-state index in [0.29, 0.717) is 17.5 Å². The van der Waals surface area contributed by atoms with E-state index in [1.807, 2.05) is 6.07 Å². The molecule has 0 bridgehead atoms. The van der Waals surface area contributed by atoms with Crippen LogP contribution in [0.15, 0.2) is 46.4 Å². The zero-order valence-electron chi connectivity index (χ0n) is 18.5. The van der Waals surface area contributed by atoms with Crippen LogP contribution in [0.3, 0.4) is 0 Å². The molecule has 1 atom stereocenters. The average Bonchev–Trinajstić information content (AvgIpc) is 2.97. The molecule has 32 heavy (non-hydrogen) atoms. The molecule has 0 spiro atoms. The first-order valence-corrected chi connectivity index (χ1v) is 11.3. The molecule has 1 unspecified atom stereocenters. The number of nitrogens with zero attached hydrogens (tertiary/aromatic N) is 2. The summed E-state index contributed by atoms with van der Waals surface area (Å²) in [6.45, 7) is 6.91. The maximum atomic E-state index is 12.8. The van der Waals surface area contributed by atoms with Gasteiger partial charge in [-0.05, 0) is 68.1 Å². The van der Waals surface area contributed by atoms with Gasteiger partial charge in [-0.1, -0.05) is 19.1 Å². The molecule has 1 N–H and O–H groups in total. The number of rotatable bonds is 7. The molecule has 1 saturated heterocycles. The third-order valence-electron chi connectivity index (χ3n) is 5.27. The number of benzene rings is 2. The third kappa shape index (κ3) is 4.45. The Morgan fingerprint density at radius 1 is 1.12 bits per heavy atom. The van der Waals surface area contributed by atoms with Gasteiger partial charge < -0.3 is 14.2 Å². The molecule has 1 heterocycles. The van der Waals surface area contributed by atoms with Crippen LogP contribution in [0.4, 0.5) is 4.79 Å². The number of hydrogen-bond donors (Lipinski definition) is 1. The highest BCUT2D eigenvalue weighted by atomic mass is 32.2. The molecule has 9 nitrogen and oxygen atoms in total. The number of carbonyl (C=O) groups is 2. The highest BCUT2D eigenvalue weighted by molar-refractivity contribution is 7.87. The van der Waals surface area contributed by atoms with E-state index in [9.17, 15) is 18.0 Å². The number of hydrazone groups is 1. The minimum absolute atomic E-state index is 0.000828. The van der Waals surface area contributed by atoms with E-state index in [1.165, 1.54) is 31.5 Å². The van der Waals surface area contributed by atoms with E-state index >= 15 is 0 Å². The Hall–Kier alpha value is -3.40. The highest BCUT2D eigenvalue weighted by Crippen LogP contribution is 2.31. The predicted molar refractivity (Wildman–Crippen MR) is 118 cm³/mol. The first-order chi connectivity index (χ1) is 15.0. The fraction of sp³-hybridized carbons (Fsp3) is 0.318. The Balaban J connectivity index is 1.85. The Labute approximate surface area is 187 Å². The third-order valence-corrected chi connectivity index (χ3v) is 6.65. The molecule has 0 radical (unpaired) electrons. The number of nitrogens with one attached hydrogen (secondary N) is 1. The summed E-state index contributed by atoms with van der Waals surface area (Å²) in [7, 11) is -2.71. The van der Waals surface area contributed by atoms with Crippen molar-refractivity contribution in [2.75, 3.05) is 7.11 Å². The minimum Gasteiger partial charge on any atom is -0.493 e. The van der Waals surface area contributed by atoms with Crippen LogP contribution in [0.1, 0.15) is 37.0 Å². The monoisotopic (exact) mass is 459 g/mol. The molecular weight excluding hydrogens is 434 g/mol. The summed E-state index contributed by atoms with van der Waals surface area (Å²) < 4.78 is 36.2. The maximum absolute atomic E-state index is 12.8. The van der Waals surface area contributed by atoms with Crippen molar-refractivity contribution in [1.82, 2.24) is 10.3 Å². The Kier molecular flexibility index (Phi) is 6.27. The largest absolute Gasteiger partial charge is 0.493 e. The van der Waals surface area contributed by atoms with Gasteiger partial charge >= 0.3 is 16.1 Å². The van der Waals surface area contributed by atoms with Crippen molar-refractivity contribution in [3.05, 3.63) is 53.1 Å². The van der Waals surface area contributed by atoms with Crippen molar-refractivity contribution in [1.29, 1.82) is 0 Å². The predicted octanol–water partition coefficient (Wildman–Crippen LogP) is 3.13. The van der Waals surface area contributed by atoms with Crippen molar-refractivity contribution >= 4 is 28.3 Å². The first kappa shape index (κ1) is 23.3. The highest BCUT2D eigenvalue weighted by Gasteiger charge is 2.46. The number of carbonyl (C=O) groups excluding carboxylic acids is 2. The van der Waals surface area contributed by atoms with Gasteiger partial charge in [0.05, 0.1) is 13.3 Å². The molecule has 1 fully saturated rings. The lowest BCUT2D eigenvalue weighted by Gasteiger charge is -2.17. The second kappa shape index (κ2) is 8.62. The Bertz CT molecular complexity index is 1210. The smallest absolute Gasteiger partial charge is 0.346 e. The van der Waals surface area contributed by atoms with Crippen LogP contribution in [-0.2, 0) is 14.9 Å². The van der Waals surface area contributed by atoms with Gasteiger partial charge in [-0.3, -0.25) is 4.79 Å². The van der Waals surface area contributed by atoms with Crippen LogP contribution in [0.5, 0.6) is 11.5 Å². The SMILES string of the molecule is CCC1(C)NC(=O)N(N=Cc2ccc(OS(=O)(=O)c3cc(C)ccc3C)c(OC)c2)C1=O. The zero-order chi connectivity index (χ0) is 23.7. The molecule has 3 amide bonds. The number of ether oxygens (including phenoxy) is 1. The van der Waals surface area contributed by atoms with Gasteiger partial charge in [0.15, 0.2) is 11.5 Å². The van der Waals surface area contributed by atoms with E-state index < -0.39 is 27.6 Å². The van der Waals surface area contributed by atoms with Gasteiger partial charge in [-0.25, -0.2) is 4.79 Å². The summed E-state index contributed by atoms with van der Waals surface area (Å²) in [5.41, 5.74) is 0.831. The summed E-state index contributed by atoms with van der Waals surface area (Å²) in [4.78, 5) is 24.6. The lowest BCUT2D eigenvalue weighted by atomic mass is 10.00. The number of imide groups is 1. The second-order valence-corrected chi connectivity index (χ2v) is 9.21. The van der Waals surface area contributed by atoms with Crippen LogP contribution < -0.4 is 14.2 Å². The fourth-order valence-electron chi connectivity index (χ4n) is 3.11. The Morgan fingerprint density at radius 3 is 2.47 bits per heavy atom. The van der Waals surface area contributed by atoms with Gasteiger partial charge in [0.2, 0.25) is 0 Å². The molecule has 2 aromatic carbocycles. The maximum Gasteiger partial charge on any atom is 0.346 e. The van der Waals surface area contributed by atoms with E-state index in [2.05, 4.69) is 10.4 Å². The van der Waals surface area contributed by atoms with Gasteiger partial charge in [0, 0.05) is 0 Å². The fourth-order valence-corrected chi connectivity index (χ4v) is 4.37. The summed E-state index contributed by atoms with van der Waals surface area (Å²) in [5.74, 6) is -0.301. The number of aryl methyl sites for hydroxylation is 2. The molecule has 1 aliphatic heterocycles. The summed E-state index contributed by atoms with van der Waals surface area (Å²) in [6.07, 6.45) is 1.74. The van der Waals surface area contributed by atoms with E-state index in [1.54, 1.807) is 39.8 Å². The molecule has 10 heteroatoms. The minimum atomic E-state index is -4.09. The van der Waals surface area contributed by atoms with Crippen LogP contribution in [0.25, 0.3) is 0 Å². The zero-order valence-corrected chi connectivity index (χ0v) is 19.3. The molecule has 0 aliphatic carbocycles. The van der Waals surface area contributed by atoms with Gasteiger partial charge in [-0.2, -0.15) is 13.5 Å². The van der Waals surface area contributed by atoms with Gasteiger partial charge in [0.25, 0.3) is 5.91 Å². The number of methoxy groups -OCH3 is 1. The van der Waals surface area contributed by atoms with Crippen molar-refractivity contribution in [3.63, 3.8) is 0 Å². The van der Waals surface area contributed by atoms with Gasteiger partial charge in [0.1, 0.15) is 10.4 Å². The van der Waals surface area contributed by atoms with Crippen LogP contribution >= 0.6 is 0 Å². The summed E-state index contributed by atoms with van der Waals surface area (Å²) in [5, 5.41) is 7.36. The van der Waals surface area contributed by atoms with E-state index in [0.717, 1.165) is 10.6 Å². The van der Waals surface area contributed by atoms with E-state index in [-0.39, 0.29) is 16.4 Å². The van der Waals surface area contributed by atoms with Crippen molar-refractivity contribution < 1.29 is 26.9 Å². The molecular formula is C22H25N3O6S. The van der Waals surface area contributed by atoms with Crippen LogP contribution in [-0.4, -0.2) is 44.2 Å². The molecule has 1 aliphatic rings. The van der Waals surface area contributed by atoms with Crippen LogP contribution in [0, 0.1) is 13.8 Å². The normalized spacial score (nSPS) is 18.8. The summed E-state index contributed by atoms with van der Waals surface area (Å²) in [6, 6.07) is 8.92. The molecule has 170 valence electrons. The standard InChI is InChI=1S/C22H25N3O6S/c1-6-22(4)20(26)25(21(27)24-22)23-13-16-9-10-17(18(12-16)30-5)31-32(28,29)19-11-14(2)7-8-15(19)3/h7-13H,6H2,1-5H3,(H,24,27). The van der Waals surface area contributed by atoms with Gasteiger partial charge in [-0.15, -0.1) is 5.01 Å². The molecule has 0 saturated carbocycles. The van der Waals surface area contributed by atoms with Crippen molar-refractivity contribution in [2.24, 2.45) is 5.10 Å². The van der Waals surface area contributed by atoms with E-state index in [4.69, 9.17) is 8.92 Å². The topological polar surface area (TPSA) is 114 Å². The number of hydrogen-bond acceptors (Lipinski definition) is 7. The quantitative estimate of drug-likeness (QED) is 0.387. The number of urea groups is 1. The first-order valence-electron chi connectivity index (χ1n) is 9.91.